The molecule has 0 heterocycles. The summed E-state index contributed by atoms with van der Waals surface area (Å²) in [6, 6.07) is 13.5. The minimum Gasteiger partial charge on any atom is -0.489 e. The average molecular weight is 371 g/mol. The summed E-state index contributed by atoms with van der Waals surface area (Å²) in [6.45, 7) is 5.34. The van der Waals surface area contributed by atoms with Gasteiger partial charge in [-0.25, -0.2) is 0 Å². The molecule has 1 unspecified atom stereocenters. The van der Waals surface area contributed by atoms with Gasteiger partial charge < -0.3 is 14.4 Å². The molecule has 0 aliphatic heterocycles. The van der Waals surface area contributed by atoms with E-state index in [0.717, 1.165) is 10.8 Å². The molecule has 6 heteroatoms. The van der Waals surface area contributed by atoms with Crippen LogP contribution in [0.3, 0.4) is 0 Å². The van der Waals surface area contributed by atoms with Crippen LogP contribution in [0.5, 0.6) is 5.75 Å². The van der Waals surface area contributed by atoms with E-state index in [-0.39, 0.29) is 31.4 Å². The van der Waals surface area contributed by atoms with Crippen LogP contribution in [-0.2, 0) is 19.1 Å². The highest BCUT2D eigenvalue weighted by Gasteiger charge is 2.21. The number of hydrogen-bond donors (Lipinski definition) is 0. The van der Waals surface area contributed by atoms with Crippen LogP contribution in [0.4, 0.5) is 0 Å². The summed E-state index contributed by atoms with van der Waals surface area (Å²) >= 11 is 0. The van der Waals surface area contributed by atoms with Crippen molar-refractivity contribution in [3.63, 3.8) is 0 Å². The Morgan fingerprint density at radius 3 is 2.48 bits per heavy atom. The minimum absolute atomic E-state index is 0.0472. The van der Waals surface area contributed by atoms with E-state index in [1.54, 1.807) is 0 Å². The summed E-state index contributed by atoms with van der Waals surface area (Å²) in [5.74, 6) is -0.226. The van der Waals surface area contributed by atoms with Gasteiger partial charge in [0, 0.05) is 11.4 Å². The topological polar surface area (TPSA) is 72.9 Å². The highest BCUT2D eigenvalue weighted by atomic mass is 16.6. The average Bonchev–Trinajstić information content (AvgIpc) is 2.62. The van der Waals surface area contributed by atoms with Gasteiger partial charge in [0.05, 0.1) is 6.54 Å². The number of rotatable bonds is 10. The first-order valence-corrected chi connectivity index (χ1v) is 8.91. The van der Waals surface area contributed by atoms with E-state index in [9.17, 15) is 14.4 Å². The molecule has 2 aromatic carbocycles. The van der Waals surface area contributed by atoms with Gasteiger partial charge in [-0.15, -0.1) is 0 Å². The van der Waals surface area contributed by atoms with E-state index in [4.69, 9.17) is 9.47 Å². The normalized spacial score (nSPS) is 11.9. The zero-order valence-corrected chi connectivity index (χ0v) is 15.9. The molecule has 0 aliphatic carbocycles. The molecule has 0 spiro atoms. The number of benzene rings is 2. The van der Waals surface area contributed by atoms with Crippen molar-refractivity contribution in [2.24, 2.45) is 0 Å². The number of carbonyl (C=O) groups is 3. The quantitative estimate of drug-likeness (QED) is 0.365. The van der Waals surface area contributed by atoms with Gasteiger partial charge >= 0.3 is 5.97 Å². The first-order chi connectivity index (χ1) is 12.9. The van der Waals surface area contributed by atoms with E-state index >= 15 is 0 Å². The monoisotopic (exact) mass is 371 g/mol. The van der Waals surface area contributed by atoms with E-state index in [1.165, 1.54) is 11.8 Å². The van der Waals surface area contributed by atoms with Crippen molar-refractivity contribution >= 4 is 28.9 Å². The third-order valence-electron chi connectivity index (χ3n) is 4.08. The molecule has 0 fully saturated rings. The second-order valence-electron chi connectivity index (χ2n) is 6.67. The predicted molar refractivity (Wildman–Crippen MR) is 103 cm³/mol. The Bertz CT molecular complexity index is 797. The maximum Gasteiger partial charge on any atom is 0.313 e. The molecule has 0 aliphatic rings. The molecule has 1 atom stereocenters. The minimum atomic E-state index is -0.677. The van der Waals surface area contributed by atoms with Gasteiger partial charge in [0.1, 0.15) is 24.6 Å². The molecule has 0 aromatic heterocycles. The number of fused-ring (bicyclic) bond motifs is 1. The number of ketones is 1. The molecule has 1 amide bonds. The third kappa shape index (κ3) is 6.09. The molecule has 27 heavy (non-hydrogen) atoms. The molecule has 144 valence electrons. The van der Waals surface area contributed by atoms with Gasteiger partial charge in [-0.05, 0) is 32.2 Å². The van der Waals surface area contributed by atoms with Crippen molar-refractivity contribution < 1.29 is 23.9 Å². The fourth-order valence-electron chi connectivity index (χ4n) is 2.67. The summed E-state index contributed by atoms with van der Waals surface area (Å²) in [5.41, 5.74) is 0. The molecule has 0 radical (unpaired) electrons. The van der Waals surface area contributed by atoms with Crippen molar-refractivity contribution in [2.45, 2.75) is 39.3 Å². The van der Waals surface area contributed by atoms with Gasteiger partial charge in [-0.2, -0.15) is 0 Å². The lowest BCUT2D eigenvalue weighted by Gasteiger charge is -2.27. The first kappa shape index (κ1) is 20.4. The second-order valence-corrected chi connectivity index (χ2v) is 6.67. The van der Waals surface area contributed by atoms with Crippen LogP contribution in [-0.4, -0.2) is 48.4 Å². The van der Waals surface area contributed by atoms with Gasteiger partial charge in [0.15, 0.2) is 6.10 Å². The van der Waals surface area contributed by atoms with E-state index in [1.807, 2.05) is 56.3 Å². The van der Waals surface area contributed by atoms with Crippen LogP contribution in [0.1, 0.15) is 27.2 Å². The summed E-state index contributed by atoms with van der Waals surface area (Å²) in [7, 11) is 0. The van der Waals surface area contributed by atoms with Gasteiger partial charge in [-0.1, -0.05) is 36.4 Å². The van der Waals surface area contributed by atoms with E-state index in [2.05, 4.69) is 0 Å². The fraction of sp³-hybridized carbons (Fsp3) is 0.381. The molecule has 2 aromatic rings. The summed E-state index contributed by atoms with van der Waals surface area (Å²) in [5, 5.41) is 1.99. The van der Waals surface area contributed by atoms with Gasteiger partial charge in [0.25, 0.3) is 0 Å². The lowest BCUT2D eigenvalue weighted by atomic mass is 10.1. The van der Waals surface area contributed by atoms with Crippen LogP contribution < -0.4 is 4.74 Å². The predicted octanol–water partition coefficient (Wildman–Crippen LogP) is 2.98. The van der Waals surface area contributed by atoms with Crippen LogP contribution in [0, 0.1) is 0 Å². The van der Waals surface area contributed by atoms with Crippen molar-refractivity contribution in [1.29, 1.82) is 0 Å². The first-order valence-electron chi connectivity index (χ1n) is 8.91. The second kappa shape index (κ2) is 9.71. The Morgan fingerprint density at radius 2 is 1.81 bits per heavy atom. The lowest BCUT2D eigenvalue weighted by Crippen LogP contribution is -2.41. The molecule has 6 nitrogen and oxygen atoms in total. The largest absolute Gasteiger partial charge is 0.489 e. The molecule has 0 saturated heterocycles. The van der Waals surface area contributed by atoms with E-state index in [0.29, 0.717) is 12.2 Å². The van der Waals surface area contributed by atoms with E-state index < -0.39 is 12.1 Å². The summed E-state index contributed by atoms with van der Waals surface area (Å²) < 4.78 is 11.3. The molecule has 2 rings (SSSR count). The summed E-state index contributed by atoms with van der Waals surface area (Å²) in [4.78, 5) is 35.9. The fourth-order valence-corrected chi connectivity index (χ4v) is 2.67. The van der Waals surface area contributed by atoms with Crippen LogP contribution in [0.2, 0.25) is 0 Å². The maximum absolute atomic E-state index is 11.9. The van der Waals surface area contributed by atoms with Crippen molar-refractivity contribution in [3.8, 4) is 5.75 Å². The zero-order valence-electron chi connectivity index (χ0n) is 15.9. The third-order valence-corrected chi connectivity index (χ3v) is 4.08. The van der Waals surface area contributed by atoms with Crippen molar-refractivity contribution in [2.75, 3.05) is 13.2 Å². The Hall–Kier alpha value is -2.89. The highest BCUT2D eigenvalue weighted by Crippen LogP contribution is 2.25. The zero-order chi connectivity index (χ0) is 19.8. The van der Waals surface area contributed by atoms with Gasteiger partial charge in [0.2, 0.25) is 6.41 Å². The van der Waals surface area contributed by atoms with Crippen molar-refractivity contribution in [1.82, 2.24) is 4.90 Å². The van der Waals surface area contributed by atoms with Crippen molar-refractivity contribution in [3.05, 3.63) is 42.5 Å². The number of ether oxygens (including phenoxy) is 2. The van der Waals surface area contributed by atoms with Crippen LogP contribution in [0.15, 0.2) is 42.5 Å². The van der Waals surface area contributed by atoms with Crippen LogP contribution in [0.25, 0.3) is 10.8 Å². The maximum atomic E-state index is 11.9. The number of carbonyl (C=O) groups excluding carboxylic acids is 3. The standard InChI is InChI=1S/C21H25NO5/c1-15(2)22(14-23)12-18(27-21(25)11-16(3)24)13-26-20-10-6-8-17-7-4-5-9-19(17)20/h4-10,14-15,18H,11-13H2,1-3H3. The number of amides is 1. The Balaban J connectivity index is 2.13. The molecule has 0 bridgehead atoms. The summed E-state index contributed by atoms with van der Waals surface area (Å²) in [6.07, 6.45) is -0.259. The number of esters is 1. The molecule has 0 saturated carbocycles. The smallest absolute Gasteiger partial charge is 0.313 e. The number of nitrogens with zero attached hydrogens (tertiary/aromatic N) is 1. The highest BCUT2D eigenvalue weighted by molar-refractivity contribution is 5.94. The van der Waals surface area contributed by atoms with Crippen LogP contribution >= 0.6 is 0 Å². The molecule has 0 N–H and O–H groups in total. The Morgan fingerprint density at radius 1 is 1.11 bits per heavy atom. The lowest BCUT2D eigenvalue weighted by molar-refractivity contribution is -0.154. The Kier molecular flexibility index (Phi) is 7.34. The Labute approximate surface area is 159 Å². The number of hydrogen-bond acceptors (Lipinski definition) is 5. The molecular formula is C21H25NO5. The van der Waals surface area contributed by atoms with Gasteiger partial charge in [-0.3, -0.25) is 14.4 Å². The SMILES string of the molecule is CC(=O)CC(=O)OC(COc1cccc2ccccc12)CN(C=O)C(C)C. The number of Topliss-reactive ketones (excluding diaryl/α,β-unsaturated/α-hetero) is 1. The molecular weight excluding hydrogens is 346 g/mol.